The van der Waals surface area contributed by atoms with Crippen LogP contribution in [0.3, 0.4) is 0 Å². The molecule has 2 fully saturated rings. The smallest absolute Gasteiger partial charge is 0.131 e. The van der Waals surface area contributed by atoms with E-state index < -0.39 is 17.2 Å². The average molecular weight is 327 g/mol. The van der Waals surface area contributed by atoms with Crippen LogP contribution in [0.25, 0.3) is 0 Å². The number of fused-ring (bicyclic) bond motifs is 1. The first kappa shape index (κ1) is 16.8. The Bertz CT molecular complexity index is 543. The molecule has 3 rings (SSSR count). The van der Waals surface area contributed by atoms with Crippen LogP contribution in [0.4, 0.5) is 8.78 Å². The lowest BCUT2D eigenvalue weighted by Gasteiger charge is -2.41. The predicted molar refractivity (Wildman–Crippen MR) is 80.7 cm³/mol. The summed E-state index contributed by atoms with van der Waals surface area (Å²) in [5.41, 5.74) is 2.56. The van der Waals surface area contributed by atoms with E-state index in [4.69, 9.17) is 14.3 Å². The van der Waals surface area contributed by atoms with Crippen LogP contribution in [0.2, 0.25) is 0 Å². The Morgan fingerprint density at radius 1 is 1.39 bits per heavy atom. The first-order valence-electron chi connectivity index (χ1n) is 8.19. The van der Waals surface area contributed by atoms with Gasteiger partial charge < -0.3 is 14.3 Å². The number of halogens is 2. The highest BCUT2D eigenvalue weighted by atomic mass is 19.1. The van der Waals surface area contributed by atoms with Crippen LogP contribution in [-0.4, -0.2) is 32.5 Å². The van der Waals surface area contributed by atoms with Crippen molar-refractivity contribution >= 4 is 0 Å². The van der Waals surface area contributed by atoms with E-state index in [9.17, 15) is 8.78 Å². The molecule has 6 heteroatoms. The molecule has 1 aromatic rings. The van der Waals surface area contributed by atoms with Crippen molar-refractivity contribution in [3.05, 3.63) is 35.4 Å². The Kier molecular flexibility index (Phi) is 5.26. The van der Waals surface area contributed by atoms with Crippen molar-refractivity contribution in [2.24, 2.45) is 5.92 Å². The highest BCUT2D eigenvalue weighted by Crippen LogP contribution is 2.42. The van der Waals surface area contributed by atoms with Gasteiger partial charge in [-0.3, -0.25) is 0 Å². The van der Waals surface area contributed by atoms with Gasteiger partial charge in [0.1, 0.15) is 11.6 Å². The van der Waals surface area contributed by atoms with Crippen LogP contribution in [-0.2, 0) is 19.9 Å². The molecular formula is C17H23F2NO3. The van der Waals surface area contributed by atoms with Crippen LogP contribution in [0.1, 0.15) is 31.7 Å². The maximum absolute atomic E-state index is 14.2. The summed E-state index contributed by atoms with van der Waals surface area (Å²) >= 11 is 0. The molecule has 0 aromatic heterocycles. The van der Waals surface area contributed by atoms with Crippen molar-refractivity contribution < 1.29 is 23.1 Å². The second-order valence-electron chi connectivity index (χ2n) is 6.30. The lowest BCUT2D eigenvalue weighted by atomic mass is 9.75. The van der Waals surface area contributed by atoms with Gasteiger partial charge in [-0.2, -0.15) is 5.48 Å². The Labute approximate surface area is 135 Å². The number of hydrogen-bond acceptors (Lipinski definition) is 4. The van der Waals surface area contributed by atoms with Crippen molar-refractivity contribution in [3.8, 4) is 0 Å². The van der Waals surface area contributed by atoms with E-state index in [0.29, 0.717) is 18.8 Å². The molecule has 0 unspecified atom stereocenters. The largest absolute Gasteiger partial charge is 0.379 e. The molecule has 0 spiro atoms. The van der Waals surface area contributed by atoms with Crippen LogP contribution in [0, 0.1) is 17.6 Å². The number of nitrogens with one attached hydrogen (secondary N) is 1. The molecule has 2 aliphatic heterocycles. The van der Waals surface area contributed by atoms with E-state index in [-0.39, 0.29) is 18.6 Å². The lowest BCUT2D eigenvalue weighted by Crippen LogP contribution is -2.52. The molecule has 4 nitrogen and oxygen atoms in total. The Morgan fingerprint density at radius 2 is 2.26 bits per heavy atom. The minimum absolute atomic E-state index is 0.0167. The molecule has 1 N–H and O–H groups in total. The molecule has 2 saturated heterocycles. The van der Waals surface area contributed by atoms with Gasteiger partial charge in [-0.1, -0.05) is 19.4 Å². The van der Waals surface area contributed by atoms with Crippen LogP contribution >= 0.6 is 0 Å². The van der Waals surface area contributed by atoms with Gasteiger partial charge in [0.05, 0.1) is 31.5 Å². The maximum atomic E-state index is 14.2. The zero-order valence-corrected chi connectivity index (χ0v) is 13.3. The first-order chi connectivity index (χ1) is 11.2. The third kappa shape index (κ3) is 3.40. The predicted octanol–water partition coefficient (Wildman–Crippen LogP) is 2.92. The van der Waals surface area contributed by atoms with Crippen LogP contribution in [0.15, 0.2) is 18.2 Å². The lowest BCUT2D eigenvalue weighted by molar-refractivity contribution is -0.0975. The van der Waals surface area contributed by atoms with Gasteiger partial charge in [0, 0.05) is 24.2 Å². The number of unbranched alkanes of at least 4 members (excludes halogenated alkanes) is 1. The molecule has 0 aliphatic carbocycles. The van der Waals surface area contributed by atoms with Crippen molar-refractivity contribution in [2.45, 2.75) is 37.8 Å². The van der Waals surface area contributed by atoms with Crippen LogP contribution < -0.4 is 5.48 Å². The Balaban J connectivity index is 1.69. The zero-order valence-electron chi connectivity index (χ0n) is 13.3. The van der Waals surface area contributed by atoms with Gasteiger partial charge >= 0.3 is 0 Å². The summed E-state index contributed by atoms with van der Waals surface area (Å²) in [6.07, 6.45) is 2.83. The first-order valence-corrected chi connectivity index (χ1v) is 8.19. The zero-order chi connectivity index (χ0) is 16.3. The fourth-order valence-electron chi connectivity index (χ4n) is 3.33. The molecule has 1 aromatic carbocycles. The number of hydrogen-bond donors (Lipinski definition) is 1. The minimum atomic E-state index is -0.752. The summed E-state index contributed by atoms with van der Waals surface area (Å²) < 4.78 is 38.9. The SMILES string of the molecule is CCCCOC[C@H]1C[C@H]2CON[C@@]2(c2ccc(F)cc2F)CO1. The molecule has 3 atom stereocenters. The van der Waals surface area contributed by atoms with Crippen molar-refractivity contribution in [2.75, 3.05) is 26.4 Å². The van der Waals surface area contributed by atoms with Gasteiger partial charge in [-0.15, -0.1) is 0 Å². The summed E-state index contributed by atoms with van der Waals surface area (Å²) in [5, 5.41) is 0. The maximum Gasteiger partial charge on any atom is 0.131 e. The number of ether oxygens (including phenoxy) is 2. The quantitative estimate of drug-likeness (QED) is 0.816. The van der Waals surface area contributed by atoms with E-state index in [1.54, 1.807) is 0 Å². The van der Waals surface area contributed by atoms with E-state index in [2.05, 4.69) is 12.4 Å². The Hall–Kier alpha value is -1.08. The fraction of sp³-hybridized carbons (Fsp3) is 0.647. The summed E-state index contributed by atoms with van der Waals surface area (Å²) in [7, 11) is 0. The molecule has 0 bridgehead atoms. The molecule has 128 valence electrons. The van der Waals surface area contributed by atoms with Gasteiger partial charge in [0.25, 0.3) is 0 Å². The molecule has 0 amide bonds. The van der Waals surface area contributed by atoms with Crippen molar-refractivity contribution in [1.82, 2.24) is 5.48 Å². The summed E-state index contributed by atoms with van der Waals surface area (Å²) in [4.78, 5) is 5.39. The third-order valence-corrected chi connectivity index (χ3v) is 4.69. The summed E-state index contributed by atoms with van der Waals surface area (Å²) in [6, 6.07) is 3.64. The van der Waals surface area contributed by atoms with Crippen molar-refractivity contribution in [1.29, 1.82) is 0 Å². The van der Waals surface area contributed by atoms with E-state index in [1.807, 2.05) is 0 Å². The second-order valence-corrected chi connectivity index (χ2v) is 6.30. The second kappa shape index (κ2) is 7.21. The number of benzene rings is 1. The molecule has 0 radical (unpaired) electrons. The van der Waals surface area contributed by atoms with Gasteiger partial charge in [0.15, 0.2) is 0 Å². The standard InChI is InChI=1S/C17H23F2NO3/c1-2-3-6-21-10-14-7-12-9-23-20-17(12,11-22-14)15-5-4-13(18)8-16(15)19/h4-5,8,12,14,20H,2-3,6-7,9-11H2,1H3/t12-,14+,17-/m0/s1. The van der Waals surface area contributed by atoms with Gasteiger partial charge in [-0.25, -0.2) is 8.78 Å². The Morgan fingerprint density at radius 3 is 3.04 bits per heavy atom. The molecular weight excluding hydrogens is 304 g/mol. The van der Waals surface area contributed by atoms with Gasteiger partial charge in [-0.05, 0) is 18.9 Å². The van der Waals surface area contributed by atoms with E-state index >= 15 is 0 Å². The average Bonchev–Trinajstić information content (AvgIpc) is 2.95. The highest BCUT2D eigenvalue weighted by molar-refractivity contribution is 5.29. The molecule has 0 saturated carbocycles. The van der Waals surface area contributed by atoms with E-state index in [0.717, 1.165) is 31.9 Å². The monoisotopic (exact) mass is 327 g/mol. The highest BCUT2D eigenvalue weighted by Gasteiger charge is 2.51. The number of rotatable bonds is 6. The molecule has 2 heterocycles. The molecule has 2 aliphatic rings. The summed E-state index contributed by atoms with van der Waals surface area (Å²) in [5.74, 6) is -1.10. The number of hydroxylamine groups is 1. The fourth-order valence-corrected chi connectivity index (χ4v) is 3.33. The topological polar surface area (TPSA) is 39.7 Å². The van der Waals surface area contributed by atoms with Crippen molar-refractivity contribution in [3.63, 3.8) is 0 Å². The normalized spacial score (nSPS) is 30.4. The third-order valence-electron chi connectivity index (χ3n) is 4.69. The van der Waals surface area contributed by atoms with Crippen LogP contribution in [0.5, 0.6) is 0 Å². The van der Waals surface area contributed by atoms with E-state index in [1.165, 1.54) is 12.1 Å². The summed E-state index contributed by atoms with van der Waals surface area (Å²) in [6.45, 7) is 4.15. The molecule has 23 heavy (non-hydrogen) atoms. The van der Waals surface area contributed by atoms with Gasteiger partial charge in [0.2, 0.25) is 0 Å². The minimum Gasteiger partial charge on any atom is -0.379 e.